The Kier molecular flexibility index (Phi) is 2.79. The van der Waals surface area contributed by atoms with Crippen LogP contribution in [0.4, 0.5) is 5.69 Å². The molecule has 2 bridgehead atoms. The molecular formula is C16H22ClNO. The van der Waals surface area contributed by atoms with Crippen LogP contribution in [0, 0.1) is 16.7 Å². The Balaban J connectivity index is 1.86. The summed E-state index contributed by atoms with van der Waals surface area (Å²) in [5, 5.41) is 0.657. The van der Waals surface area contributed by atoms with Crippen LogP contribution in [0.25, 0.3) is 0 Å². The lowest BCUT2D eigenvalue weighted by molar-refractivity contribution is 0.0306. The van der Waals surface area contributed by atoms with E-state index in [2.05, 4.69) is 20.8 Å². The van der Waals surface area contributed by atoms with Crippen molar-refractivity contribution in [2.45, 2.75) is 46.1 Å². The molecular weight excluding hydrogens is 258 g/mol. The second-order valence-electron chi connectivity index (χ2n) is 6.90. The summed E-state index contributed by atoms with van der Waals surface area (Å²) in [5.41, 5.74) is 7.25. The van der Waals surface area contributed by atoms with Gasteiger partial charge in [-0.3, -0.25) is 0 Å². The van der Waals surface area contributed by atoms with Crippen LogP contribution < -0.4 is 10.5 Å². The second kappa shape index (κ2) is 4.05. The van der Waals surface area contributed by atoms with Crippen molar-refractivity contribution in [3.05, 3.63) is 23.2 Å². The van der Waals surface area contributed by atoms with Crippen LogP contribution in [0.1, 0.15) is 40.0 Å². The Morgan fingerprint density at radius 1 is 1.32 bits per heavy atom. The maximum absolute atomic E-state index is 6.25. The van der Waals surface area contributed by atoms with Gasteiger partial charge in [0.25, 0.3) is 0 Å². The minimum atomic E-state index is 0.254. The van der Waals surface area contributed by atoms with Gasteiger partial charge < -0.3 is 10.5 Å². The summed E-state index contributed by atoms with van der Waals surface area (Å²) in [7, 11) is 0. The number of nitrogen functional groups attached to an aromatic ring is 1. The molecule has 0 amide bonds. The largest absolute Gasteiger partial charge is 0.488 e. The van der Waals surface area contributed by atoms with Crippen LogP contribution in [-0.4, -0.2) is 6.10 Å². The zero-order valence-electron chi connectivity index (χ0n) is 11.9. The first-order valence-electron chi connectivity index (χ1n) is 7.06. The Labute approximate surface area is 120 Å². The first-order chi connectivity index (χ1) is 8.84. The molecule has 3 unspecified atom stereocenters. The Hall–Kier alpha value is -0.890. The van der Waals surface area contributed by atoms with E-state index in [1.807, 2.05) is 12.1 Å². The molecule has 1 aromatic carbocycles. The van der Waals surface area contributed by atoms with Crippen molar-refractivity contribution in [1.82, 2.24) is 0 Å². The van der Waals surface area contributed by atoms with Crippen LogP contribution >= 0.6 is 11.6 Å². The molecule has 2 nitrogen and oxygen atoms in total. The summed E-state index contributed by atoms with van der Waals surface area (Å²) in [4.78, 5) is 0. The van der Waals surface area contributed by atoms with Crippen LogP contribution in [0.3, 0.4) is 0 Å². The van der Waals surface area contributed by atoms with Crippen LogP contribution in [0.5, 0.6) is 5.75 Å². The Morgan fingerprint density at radius 2 is 2.05 bits per heavy atom. The molecule has 0 radical (unpaired) electrons. The fraction of sp³-hybridized carbons (Fsp3) is 0.625. The van der Waals surface area contributed by atoms with Gasteiger partial charge in [-0.1, -0.05) is 32.4 Å². The third-order valence-corrected chi connectivity index (χ3v) is 6.19. The predicted octanol–water partition coefficient (Wildman–Crippen LogP) is 4.52. The van der Waals surface area contributed by atoms with E-state index in [4.69, 9.17) is 22.1 Å². The molecule has 2 fully saturated rings. The van der Waals surface area contributed by atoms with Gasteiger partial charge in [0.1, 0.15) is 11.9 Å². The number of fused-ring (bicyclic) bond motifs is 2. The summed E-state index contributed by atoms with van der Waals surface area (Å²) >= 11 is 5.93. The smallest absolute Gasteiger partial charge is 0.142 e. The maximum atomic E-state index is 6.25. The van der Waals surface area contributed by atoms with E-state index in [0.29, 0.717) is 16.1 Å². The molecule has 0 aromatic heterocycles. The van der Waals surface area contributed by atoms with Gasteiger partial charge in [-0.15, -0.1) is 0 Å². The summed E-state index contributed by atoms with van der Waals surface area (Å²) in [6.45, 7) is 7.15. The van der Waals surface area contributed by atoms with E-state index in [1.54, 1.807) is 6.07 Å². The van der Waals surface area contributed by atoms with Gasteiger partial charge in [0.2, 0.25) is 0 Å². The zero-order chi connectivity index (χ0) is 13.8. The highest BCUT2D eigenvalue weighted by Crippen LogP contribution is 2.66. The van der Waals surface area contributed by atoms with E-state index in [0.717, 1.165) is 18.1 Å². The van der Waals surface area contributed by atoms with Crippen LogP contribution in [0.2, 0.25) is 5.02 Å². The van der Waals surface area contributed by atoms with E-state index in [-0.39, 0.29) is 11.5 Å². The zero-order valence-corrected chi connectivity index (χ0v) is 12.6. The van der Waals surface area contributed by atoms with Crippen LogP contribution in [0.15, 0.2) is 18.2 Å². The minimum absolute atomic E-state index is 0.254. The van der Waals surface area contributed by atoms with Crippen molar-refractivity contribution >= 4 is 17.3 Å². The summed E-state index contributed by atoms with van der Waals surface area (Å²) < 4.78 is 6.25. The fourth-order valence-electron chi connectivity index (χ4n) is 4.09. The number of hydrogen-bond acceptors (Lipinski definition) is 2. The number of hydrogen-bond donors (Lipinski definition) is 1. The molecule has 0 saturated heterocycles. The highest BCUT2D eigenvalue weighted by Gasteiger charge is 2.62. The third-order valence-electron chi connectivity index (χ3n) is 5.96. The highest BCUT2D eigenvalue weighted by molar-refractivity contribution is 6.30. The first-order valence-corrected chi connectivity index (χ1v) is 7.44. The number of benzene rings is 1. The summed E-state index contributed by atoms with van der Waals surface area (Å²) in [5.74, 6) is 1.55. The molecule has 2 aliphatic carbocycles. The van der Waals surface area contributed by atoms with Gasteiger partial charge in [0.15, 0.2) is 0 Å². The SMILES string of the molecule is CC1(C)C2CCC1(C)C(Oc1ccc(Cl)cc1N)C2. The number of halogens is 1. The van der Waals surface area contributed by atoms with Crippen molar-refractivity contribution in [2.24, 2.45) is 16.7 Å². The average molecular weight is 280 g/mol. The first kappa shape index (κ1) is 13.1. The van der Waals surface area contributed by atoms with E-state index >= 15 is 0 Å². The van der Waals surface area contributed by atoms with Crippen molar-refractivity contribution in [3.8, 4) is 5.75 Å². The monoisotopic (exact) mass is 279 g/mol. The molecule has 2 saturated carbocycles. The molecule has 3 heteroatoms. The van der Waals surface area contributed by atoms with Gasteiger partial charge in [-0.05, 0) is 48.8 Å². The molecule has 1 aromatic rings. The van der Waals surface area contributed by atoms with Gasteiger partial charge in [-0.25, -0.2) is 0 Å². The topological polar surface area (TPSA) is 35.2 Å². The van der Waals surface area contributed by atoms with Crippen molar-refractivity contribution in [1.29, 1.82) is 0 Å². The quantitative estimate of drug-likeness (QED) is 0.808. The van der Waals surface area contributed by atoms with E-state index in [1.165, 1.54) is 12.8 Å². The second-order valence-corrected chi connectivity index (χ2v) is 7.34. The molecule has 19 heavy (non-hydrogen) atoms. The number of rotatable bonds is 2. The van der Waals surface area contributed by atoms with Gasteiger partial charge in [0, 0.05) is 10.4 Å². The Morgan fingerprint density at radius 3 is 2.58 bits per heavy atom. The maximum Gasteiger partial charge on any atom is 0.142 e. The standard InChI is InChI=1S/C16H22ClNO/c1-15(2)10-6-7-16(15,3)14(8-10)19-13-5-4-11(17)9-12(13)18/h4-5,9-10,14H,6-8,18H2,1-3H3. The molecule has 0 heterocycles. The third kappa shape index (κ3) is 1.76. The van der Waals surface area contributed by atoms with E-state index < -0.39 is 0 Å². The van der Waals surface area contributed by atoms with Crippen molar-refractivity contribution < 1.29 is 4.74 Å². The van der Waals surface area contributed by atoms with Crippen molar-refractivity contribution in [2.75, 3.05) is 5.73 Å². The lowest BCUT2D eigenvalue weighted by Crippen LogP contribution is -2.39. The molecule has 2 aliphatic rings. The van der Waals surface area contributed by atoms with Gasteiger partial charge in [-0.2, -0.15) is 0 Å². The number of nitrogens with two attached hydrogens (primary N) is 1. The minimum Gasteiger partial charge on any atom is -0.488 e. The van der Waals surface area contributed by atoms with Gasteiger partial charge in [0.05, 0.1) is 5.69 Å². The highest BCUT2D eigenvalue weighted by atomic mass is 35.5. The van der Waals surface area contributed by atoms with Crippen LogP contribution in [-0.2, 0) is 0 Å². The molecule has 3 atom stereocenters. The lowest BCUT2D eigenvalue weighted by Gasteiger charge is -2.39. The molecule has 104 valence electrons. The lowest BCUT2D eigenvalue weighted by atomic mass is 9.70. The Bertz CT molecular complexity index is 513. The van der Waals surface area contributed by atoms with E-state index in [9.17, 15) is 0 Å². The predicted molar refractivity (Wildman–Crippen MR) is 79.5 cm³/mol. The molecule has 3 rings (SSSR count). The number of ether oxygens (including phenoxy) is 1. The summed E-state index contributed by atoms with van der Waals surface area (Å²) in [6, 6.07) is 5.49. The normalized spacial score (nSPS) is 35.6. The summed E-state index contributed by atoms with van der Waals surface area (Å²) in [6.07, 6.45) is 4.00. The molecule has 2 N–H and O–H groups in total. The average Bonchev–Trinajstić information content (AvgIpc) is 2.65. The number of anilines is 1. The molecule has 0 aliphatic heterocycles. The molecule has 0 spiro atoms. The fourth-order valence-corrected chi connectivity index (χ4v) is 4.27. The van der Waals surface area contributed by atoms with Crippen molar-refractivity contribution in [3.63, 3.8) is 0 Å². The van der Waals surface area contributed by atoms with Gasteiger partial charge >= 0.3 is 0 Å².